The van der Waals surface area contributed by atoms with Gasteiger partial charge < -0.3 is 14.5 Å². The van der Waals surface area contributed by atoms with Crippen molar-refractivity contribution in [2.75, 3.05) is 11.9 Å². The Morgan fingerprint density at radius 1 is 1.30 bits per heavy atom. The van der Waals surface area contributed by atoms with Crippen molar-refractivity contribution in [2.24, 2.45) is 0 Å². The highest BCUT2D eigenvalue weighted by atomic mass is 35.5. The maximum atomic E-state index is 11.7. The maximum Gasteiger partial charge on any atom is 0.338 e. The Hall–Kier alpha value is -2.53. The fourth-order valence-electron chi connectivity index (χ4n) is 2.17. The third kappa shape index (κ3) is 3.63. The minimum atomic E-state index is -0.370. The Balaban J connectivity index is 1.76. The van der Waals surface area contributed by atoms with Gasteiger partial charge in [0.05, 0.1) is 12.2 Å². The van der Waals surface area contributed by atoms with Crippen molar-refractivity contribution in [1.82, 2.24) is 4.98 Å². The van der Waals surface area contributed by atoms with Gasteiger partial charge in [0.2, 0.25) is 0 Å². The van der Waals surface area contributed by atoms with Gasteiger partial charge in [-0.1, -0.05) is 23.7 Å². The van der Waals surface area contributed by atoms with Crippen molar-refractivity contribution in [2.45, 2.75) is 13.5 Å². The predicted molar refractivity (Wildman–Crippen MR) is 88.7 cm³/mol. The smallest absolute Gasteiger partial charge is 0.338 e. The molecule has 1 N–H and O–H groups in total. The van der Waals surface area contributed by atoms with Crippen LogP contribution >= 0.6 is 11.6 Å². The monoisotopic (exact) mass is 330 g/mol. The number of hydrogen-bond acceptors (Lipinski definition) is 5. The Kier molecular flexibility index (Phi) is 4.48. The van der Waals surface area contributed by atoms with Crippen LogP contribution in [0.4, 0.5) is 6.01 Å². The molecular weight excluding hydrogens is 316 g/mol. The molecule has 0 saturated carbocycles. The fourth-order valence-corrected chi connectivity index (χ4v) is 2.38. The molecular formula is C17H15ClN2O3. The Morgan fingerprint density at radius 3 is 2.96 bits per heavy atom. The lowest BCUT2D eigenvalue weighted by Crippen LogP contribution is -2.04. The molecule has 0 aliphatic rings. The lowest BCUT2D eigenvalue weighted by atomic mass is 10.2. The lowest BCUT2D eigenvalue weighted by molar-refractivity contribution is 0.0526. The minimum absolute atomic E-state index is 0.335. The normalized spacial score (nSPS) is 10.7. The SMILES string of the molecule is CCOC(=O)c1ccc2oc(NCc3cccc(Cl)c3)nc2c1. The van der Waals surface area contributed by atoms with Crippen molar-refractivity contribution < 1.29 is 13.9 Å². The molecule has 2 aromatic carbocycles. The second kappa shape index (κ2) is 6.71. The molecule has 0 spiro atoms. The number of nitrogens with zero attached hydrogens (tertiary/aromatic N) is 1. The van der Waals surface area contributed by atoms with Gasteiger partial charge in [0.1, 0.15) is 5.52 Å². The first kappa shape index (κ1) is 15.4. The molecule has 0 aliphatic heterocycles. The molecule has 0 bridgehead atoms. The number of ether oxygens (including phenoxy) is 1. The molecule has 0 aliphatic carbocycles. The molecule has 0 atom stereocenters. The van der Waals surface area contributed by atoms with E-state index in [1.54, 1.807) is 25.1 Å². The van der Waals surface area contributed by atoms with E-state index in [1.807, 2.05) is 24.3 Å². The van der Waals surface area contributed by atoms with E-state index in [9.17, 15) is 4.79 Å². The van der Waals surface area contributed by atoms with Crippen molar-refractivity contribution in [3.63, 3.8) is 0 Å². The molecule has 118 valence electrons. The first-order valence-electron chi connectivity index (χ1n) is 7.21. The Labute approximate surface area is 138 Å². The van der Waals surface area contributed by atoms with Gasteiger partial charge in [-0.2, -0.15) is 4.98 Å². The number of anilines is 1. The zero-order valence-corrected chi connectivity index (χ0v) is 13.3. The quantitative estimate of drug-likeness (QED) is 0.708. The van der Waals surface area contributed by atoms with Gasteiger partial charge in [-0.3, -0.25) is 0 Å². The first-order valence-corrected chi connectivity index (χ1v) is 7.59. The van der Waals surface area contributed by atoms with Gasteiger partial charge in [0.25, 0.3) is 6.01 Å². The molecule has 6 heteroatoms. The van der Waals surface area contributed by atoms with E-state index < -0.39 is 0 Å². The second-order valence-electron chi connectivity index (χ2n) is 4.91. The number of benzene rings is 2. The molecule has 0 saturated heterocycles. The van der Waals surface area contributed by atoms with E-state index in [1.165, 1.54) is 0 Å². The number of rotatable bonds is 5. The average molecular weight is 331 g/mol. The van der Waals surface area contributed by atoms with Gasteiger partial charge in [0.15, 0.2) is 5.58 Å². The van der Waals surface area contributed by atoms with E-state index in [0.717, 1.165) is 5.56 Å². The number of fused-ring (bicyclic) bond motifs is 1. The zero-order chi connectivity index (χ0) is 16.2. The molecule has 5 nitrogen and oxygen atoms in total. The molecule has 1 aromatic heterocycles. The highest BCUT2D eigenvalue weighted by molar-refractivity contribution is 6.30. The number of aromatic nitrogens is 1. The van der Waals surface area contributed by atoms with Crippen LogP contribution in [0.15, 0.2) is 46.9 Å². The van der Waals surface area contributed by atoms with Crippen LogP contribution in [0.1, 0.15) is 22.8 Å². The molecule has 0 amide bonds. The summed E-state index contributed by atoms with van der Waals surface area (Å²) in [5, 5.41) is 3.78. The van der Waals surface area contributed by atoms with Crippen LogP contribution in [0.25, 0.3) is 11.1 Å². The van der Waals surface area contributed by atoms with Crippen molar-refractivity contribution in [1.29, 1.82) is 0 Å². The highest BCUT2D eigenvalue weighted by Crippen LogP contribution is 2.21. The van der Waals surface area contributed by atoms with Gasteiger partial charge in [-0.25, -0.2) is 4.79 Å². The number of nitrogens with one attached hydrogen (secondary N) is 1. The average Bonchev–Trinajstić information content (AvgIpc) is 2.95. The molecule has 0 unspecified atom stereocenters. The second-order valence-corrected chi connectivity index (χ2v) is 5.34. The summed E-state index contributed by atoms with van der Waals surface area (Å²) in [6, 6.07) is 12.9. The van der Waals surface area contributed by atoms with Crippen LogP contribution < -0.4 is 5.32 Å². The van der Waals surface area contributed by atoms with E-state index in [-0.39, 0.29) is 5.97 Å². The zero-order valence-electron chi connectivity index (χ0n) is 12.5. The number of carbonyl (C=O) groups is 1. The van der Waals surface area contributed by atoms with Crippen LogP contribution in [0.2, 0.25) is 5.02 Å². The summed E-state index contributed by atoms with van der Waals surface area (Å²) in [6.07, 6.45) is 0. The Bertz CT molecular complexity index is 845. The van der Waals surface area contributed by atoms with Crippen molar-refractivity contribution in [3.8, 4) is 0 Å². The molecule has 3 rings (SSSR count). The van der Waals surface area contributed by atoms with Gasteiger partial charge in [0, 0.05) is 11.6 Å². The number of halogens is 1. The van der Waals surface area contributed by atoms with Crippen LogP contribution in [-0.4, -0.2) is 17.6 Å². The summed E-state index contributed by atoms with van der Waals surface area (Å²) in [7, 11) is 0. The number of oxazole rings is 1. The van der Waals surface area contributed by atoms with Gasteiger partial charge >= 0.3 is 5.97 Å². The highest BCUT2D eigenvalue weighted by Gasteiger charge is 2.11. The molecule has 3 aromatic rings. The third-order valence-electron chi connectivity index (χ3n) is 3.23. The summed E-state index contributed by atoms with van der Waals surface area (Å²) in [5.74, 6) is -0.370. The molecule has 23 heavy (non-hydrogen) atoms. The summed E-state index contributed by atoms with van der Waals surface area (Å²) >= 11 is 5.95. The predicted octanol–water partition coefficient (Wildman–Crippen LogP) is 4.27. The fraction of sp³-hybridized carbons (Fsp3) is 0.176. The van der Waals surface area contributed by atoms with Crippen LogP contribution in [0.3, 0.4) is 0 Å². The maximum absolute atomic E-state index is 11.7. The third-order valence-corrected chi connectivity index (χ3v) is 3.47. The number of esters is 1. The standard InChI is InChI=1S/C17H15ClN2O3/c1-2-22-16(21)12-6-7-15-14(9-12)20-17(23-15)19-10-11-4-3-5-13(18)8-11/h3-9H,2,10H2,1H3,(H,19,20). The lowest BCUT2D eigenvalue weighted by Gasteiger charge is -2.01. The largest absolute Gasteiger partial charge is 0.462 e. The molecule has 1 heterocycles. The minimum Gasteiger partial charge on any atom is -0.462 e. The van der Waals surface area contributed by atoms with Gasteiger partial charge in [-0.15, -0.1) is 0 Å². The van der Waals surface area contributed by atoms with Crippen LogP contribution in [-0.2, 0) is 11.3 Å². The van der Waals surface area contributed by atoms with Crippen LogP contribution in [0.5, 0.6) is 0 Å². The summed E-state index contributed by atoms with van der Waals surface area (Å²) in [5.41, 5.74) is 2.68. The van der Waals surface area contributed by atoms with E-state index in [2.05, 4.69) is 10.3 Å². The topological polar surface area (TPSA) is 64.4 Å². The number of hydrogen-bond donors (Lipinski definition) is 1. The van der Waals surface area contributed by atoms with E-state index in [0.29, 0.717) is 40.9 Å². The summed E-state index contributed by atoms with van der Waals surface area (Å²) in [6.45, 7) is 2.64. The van der Waals surface area contributed by atoms with Crippen molar-refractivity contribution >= 4 is 34.7 Å². The summed E-state index contributed by atoms with van der Waals surface area (Å²) in [4.78, 5) is 16.1. The van der Waals surface area contributed by atoms with Crippen molar-refractivity contribution in [3.05, 3.63) is 58.6 Å². The number of carbonyl (C=O) groups excluding carboxylic acids is 1. The van der Waals surface area contributed by atoms with E-state index in [4.69, 9.17) is 20.8 Å². The van der Waals surface area contributed by atoms with E-state index >= 15 is 0 Å². The Morgan fingerprint density at radius 2 is 2.17 bits per heavy atom. The molecule has 0 fully saturated rings. The van der Waals surface area contributed by atoms with Crippen LogP contribution in [0, 0.1) is 0 Å². The summed E-state index contributed by atoms with van der Waals surface area (Å²) < 4.78 is 10.6. The first-order chi connectivity index (χ1) is 11.2. The molecule has 0 radical (unpaired) electrons. The van der Waals surface area contributed by atoms with Gasteiger partial charge in [-0.05, 0) is 42.8 Å².